The van der Waals surface area contributed by atoms with Crippen LogP contribution in [-0.4, -0.2) is 36.3 Å². The molecule has 0 unspecified atom stereocenters. The molecule has 3 nitrogen and oxygen atoms in total. The number of fused-ring (bicyclic) bond motifs is 1. The third-order valence-corrected chi connectivity index (χ3v) is 4.71. The molecular formula is C20H24N2O. The van der Waals surface area contributed by atoms with E-state index in [9.17, 15) is 4.79 Å². The number of likely N-dealkylation sites (N-methyl/N-ethyl adjacent to an activating group) is 2. The third-order valence-electron chi connectivity index (χ3n) is 4.71. The molecule has 0 fully saturated rings. The number of hydrogen-bond donors (Lipinski definition) is 0. The van der Waals surface area contributed by atoms with Gasteiger partial charge in [-0.3, -0.25) is 9.69 Å². The zero-order chi connectivity index (χ0) is 16.2. The molecule has 23 heavy (non-hydrogen) atoms. The Kier molecular flexibility index (Phi) is 4.77. The predicted molar refractivity (Wildman–Crippen MR) is 93.1 cm³/mol. The Balaban J connectivity index is 1.59. The zero-order valence-corrected chi connectivity index (χ0v) is 13.9. The van der Waals surface area contributed by atoms with Crippen molar-refractivity contribution in [2.75, 3.05) is 20.6 Å². The molecule has 2 aromatic rings. The third kappa shape index (κ3) is 3.62. The van der Waals surface area contributed by atoms with Gasteiger partial charge in [-0.25, -0.2) is 0 Å². The van der Waals surface area contributed by atoms with Crippen molar-refractivity contribution < 1.29 is 4.79 Å². The van der Waals surface area contributed by atoms with Crippen molar-refractivity contribution in [1.82, 2.24) is 9.80 Å². The minimum atomic E-state index is 0.167. The quantitative estimate of drug-likeness (QED) is 0.846. The minimum absolute atomic E-state index is 0.167. The molecule has 0 aromatic heterocycles. The molecule has 120 valence electrons. The van der Waals surface area contributed by atoms with Gasteiger partial charge in [0.25, 0.3) is 0 Å². The van der Waals surface area contributed by atoms with E-state index in [1.54, 1.807) is 0 Å². The molecule has 3 rings (SSSR count). The van der Waals surface area contributed by atoms with E-state index >= 15 is 0 Å². The molecule has 0 bridgehead atoms. The molecule has 1 atom stereocenters. The van der Waals surface area contributed by atoms with Crippen molar-refractivity contribution >= 4 is 5.91 Å². The summed E-state index contributed by atoms with van der Waals surface area (Å²) in [6, 6.07) is 19.1. The van der Waals surface area contributed by atoms with Crippen molar-refractivity contribution in [2.45, 2.75) is 25.4 Å². The Hall–Kier alpha value is -2.13. The molecule has 1 aliphatic carbocycles. The highest BCUT2D eigenvalue weighted by molar-refractivity contribution is 5.78. The predicted octanol–water partition coefficient (Wildman–Crippen LogP) is 3.26. The van der Waals surface area contributed by atoms with Gasteiger partial charge >= 0.3 is 0 Å². The second kappa shape index (κ2) is 6.97. The fourth-order valence-electron chi connectivity index (χ4n) is 3.38. The summed E-state index contributed by atoms with van der Waals surface area (Å²) >= 11 is 0. The molecule has 3 heteroatoms. The standard InChI is InChI=1S/C20H24N2O/c1-21(19-13-12-17-10-6-7-11-18(17)19)15-20(23)22(2)14-16-8-4-3-5-9-16/h3-11,19H,12-15H2,1-2H3/t19-/m0/s1. The molecule has 0 heterocycles. The lowest BCUT2D eigenvalue weighted by Gasteiger charge is -2.27. The Morgan fingerprint density at radius 3 is 2.52 bits per heavy atom. The lowest BCUT2D eigenvalue weighted by molar-refractivity contribution is -0.131. The van der Waals surface area contributed by atoms with Crippen LogP contribution in [0, 0.1) is 0 Å². The van der Waals surface area contributed by atoms with Crippen LogP contribution >= 0.6 is 0 Å². The van der Waals surface area contributed by atoms with Crippen LogP contribution in [0.15, 0.2) is 54.6 Å². The molecule has 0 saturated carbocycles. The van der Waals surface area contributed by atoms with Gasteiger partial charge in [0.15, 0.2) is 0 Å². The first-order chi connectivity index (χ1) is 11.1. The summed E-state index contributed by atoms with van der Waals surface area (Å²) in [5, 5.41) is 0. The van der Waals surface area contributed by atoms with E-state index in [2.05, 4.69) is 48.3 Å². The van der Waals surface area contributed by atoms with Crippen LogP contribution in [0.3, 0.4) is 0 Å². The SMILES string of the molecule is CN(Cc1ccccc1)C(=O)CN(C)[C@H]1CCc2ccccc21. The maximum atomic E-state index is 12.5. The second-order valence-electron chi connectivity index (χ2n) is 6.40. The number of benzene rings is 2. The first-order valence-corrected chi connectivity index (χ1v) is 8.21. The summed E-state index contributed by atoms with van der Waals surface area (Å²) in [4.78, 5) is 16.5. The van der Waals surface area contributed by atoms with Crippen molar-refractivity contribution in [1.29, 1.82) is 0 Å². The van der Waals surface area contributed by atoms with Crippen molar-refractivity contribution in [3.8, 4) is 0 Å². The van der Waals surface area contributed by atoms with Crippen molar-refractivity contribution in [3.05, 3.63) is 71.3 Å². The molecule has 1 amide bonds. The fourth-order valence-corrected chi connectivity index (χ4v) is 3.38. The largest absolute Gasteiger partial charge is 0.340 e. The van der Waals surface area contributed by atoms with Gasteiger partial charge in [-0.1, -0.05) is 54.6 Å². The summed E-state index contributed by atoms with van der Waals surface area (Å²) in [5.74, 6) is 0.167. The summed E-state index contributed by atoms with van der Waals surface area (Å²) < 4.78 is 0. The van der Waals surface area contributed by atoms with Crippen LogP contribution in [0.1, 0.15) is 29.2 Å². The van der Waals surface area contributed by atoms with Crippen LogP contribution in [0.2, 0.25) is 0 Å². The number of rotatable bonds is 5. The highest BCUT2D eigenvalue weighted by Gasteiger charge is 2.27. The first-order valence-electron chi connectivity index (χ1n) is 8.21. The number of aryl methyl sites for hydroxylation is 1. The van der Waals surface area contributed by atoms with E-state index in [1.165, 1.54) is 11.1 Å². The highest BCUT2D eigenvalue weighted by atomic mass is 16.2. The maximum absolute atomic E-state index is 12.5. The Labute approximate surface area is 138 Å². The Bertz CT molecular complexity index is 668. The van der Waals surface area contributed by atoms with Gasteiger partial charge in [-0.05, 0) is 36.6 Å². The van der Waals surface area contributed by atoms with Crippen molar-refractivity contribution in [3.63, 3.8) is 0 Å². The number of carbonyl (C=O) groups is 1. The Morgan fingerprint density at radius 2 is 1.74 bits per heavy atom. The lowest BCUT2D eigenvalue weighted by atomic mass is 10.1. The number of amides is 1. The van der Waals surface area contributed by atoms with Crippen LogP contribution in [0.4, 0.5) is 0 Å². The topological polar surface area (TPSA) is 23.6 Å². The second-order valence-corrected chi connectivity index (χ2v) is 6.40. The van der Waals surface area contributed by atoms with Gasteiger partial charge in [0.1, 0.15) is 0 Å². The van der Waals surface area contributed by atoms with E-state index in [1.807, 2.05) is 30.1 Å². The van der Waals surface area contributed by atoms with E-state index in [0.29, 0.717) is 19.1 Å². The summed E-state index contributed by atoms with van der Waals surface area (Å²) in [7, 11) is 3.94. The van der Waals surface area contributed by atoms with E-state index < -0.39 is 0 Å². The molecular weight excluding hydrogens is 284 g/mol. The summed E-state index contributed by atoms with van der Waals surface area (Å²) in [6.45, 7) is 1.12. The van der Waals surface area contributed by atoms with Gasteiger partial charge in [0.2, 0.25) is 5.91 Å². The number of nitrogens with zero attached hydrogens (tertiary/aromatic N) is 2. The fraction of sp³-hybridized carbons (Fsp3) is 0.350. The van der Waals surface area contributed by atoms with Crippen LogP contribution in [0.25, 0.3) is 0 Å². The first kappa shape index (κ1) is 15.8. The van der Waals surface area contributed by atoms with Crippen LogP contribution in [0.5, 0.6) is 0 Å². The van der Waals surface area contributed by atoms with E-state index in [4.69, 9.17) is 0 Å². The van der Waals surface area contributed by atoms with Gasteiger partial charge in [0, 0.05) is 19.6 Å². The number of hydrogen-bond acceptors (Lipinski definition) is 2. The van der Waals surface area contributed by atoms with Gasteiger partial charge in [-0.15, -0.1) is 0 Å². The number of carbonyl (C=O) groups excluding carboxylic acids is 1. The molecule has 0 saturated heterocycles. The van der Waals surface area contributed by atoms with Crippen LogP contribution in [-0.2, 0) is 17.8 Å². The summed E-state index contributed by atoms with van der Waals surface area (Å²) in [5.41, 5.74) is 3.97. The summed E-state index contributed by atoms with van der Waals surface area (Å²) in [6.07, 6.45) is 2.21. The average molecular weight is 308 g/mol. The van der Waals surface area contributed by atoms with E-state index in [0.717, 1.165) is 18.4 Å². The average Bonchev–Trinajstić information content (AvgIpc) is 2.99. The molecule has 0 radical (unpaired) electrons. The normalized spacial score (nSPS) is 16.4. The highest BCUT2D eigenvalue weighted by Crippen LogP contribution is 2.34. The maximum Gasteiger partial charge on any atom is 0.236 e. The van der Waals surface area contributed by atoms with Crippen molar-refractivity contribution in [2.24, 2.45) is 0 Å². The van der Waals surface area contributed by atoms with Gasteiger partial charge in [0.05, 0.1) is 6.54 Å². The Morgan fingerprint density at radius 1 is 1.04 bits per heavy atom. The molecule has 1 aliphatic rings. The van der Waals surface area contributed by atoms with Gasteiger partial charge < -0.3 is 4.90 Å². The minimum Gasteiger partial charge on any atom is -0.340 e. The van der Waals surface area contributed by atoms with Gasteiger partial charge in [-0.2, -0.15) is 0 Å². The monoisotopic (exact) mass is 308 g/mol. The van der Waals surface area contributed by atoms with E-state index in [-0.39, 0.29) is 5.91 Å². The smallest absolute Gasteiger partial charge is 0.236 e. The molecule has 0 aliphatic heterocycles. The lowest BCUT2D eigenvalue weighted by Crippen LogP contribution is -2.37. The van der Waals surface area contributed by atoms with Crippen LogP contribution < -0.4 is 0 Å². The molecule has 2 aromatic carbocycles. The molecule has 0 spiro atoms. The zero-order valence-electron chi connectivity index (χ0n) is 13.9. The molecule has 0 N–H and O–H groups in total.